The van der Waals surface area contributed by atoms with Gasteiger partial charge in [0.05, 0.1) is 37.7 Å². The third-order valence-corrected chi connectivity index (χ3v) is 7.15. The molecule has 0 unspecified atom stereocenters. The quantitative estimate of drug-likeness (QED) is 0.834. The van der Waals surface area contributed by atoms with E-state index in [1.807, 2.05) is 4.90 Å². The van der Waals surface area contributed by atoms with E-state index >= 15 is 0 Å². The van der Waals surface area contributed by atoms with E-state index in [1.165, 1.54) is 16.0 Å². The number of sulfone groups is 1. The number of carbonyl (C=O) groups excluding carboxylic acids is 1. The maximum Gasteiger partial charge on any atom is 0.223 e. The lowest BCUT2D eigenvalue weighted by molar-refractivity contribution is -0.917. The van der Waals surface area contributed by atoms with E-state index in [9.17, 15) is 13.2 Å². The summed E-state index contributed by atoms with van der Waals surface area (Å²) in [5.41, 5.74) is 2.70. The van der Waals surface area contributed by atoms with Crippen LogP contribution in [0.1, 0.15) is 24.0 Å². The van der Waals surface area contributed by atoms with Crippen molar-refractivity contribution in [3.8, 4) is 0 Å². The Hall–Kier alpha value is -1.40. The number of hydrogen-bond donors (Lipinski definition) is 1. The molecule has 2 aliphatic rings. The van der Waals surface area contributed by atoms with E-state index in [1.54, 1.807) is 0 Å². The van der Waals surface area contributed by atoms with Gasteiger partial charge >= 0.3 is 0 Å². The molecule has 0 radical (unpaired) electrons. The molecule has 0 aromatic heterocycles. The minimum atomic E-state index is -2.89. The Morgan fingerprint density at radius 1 is 1.25 bits per heavy atom. The number of piperazine rings is 1. The van der Waals surface area contributed by atoms with E-state index in [-0.39, 0.29) is 23.3 Å². The molecule has 5 nitrogen and oxygen atoms in total. The van der Waals surface area contributed by atoms with Crippen molar-refractivity contribution in [3.05, 3.63) is 35.4 Å². The van der Waals surface area contributed by atoms with E-state index in [0.29, 0.717) is 12.8 Å². The fourth-order valence-corrected chi connectivity index (χ4v) is 5.60. The Bertz CT molecular complexity index is 694. The molecule has 0 bridgehead atoms. The highest BCUT2D eigenvalue weighted by atomic mass is 32.2. The molecule has 0 saturated carbocycles. The molecule has 2 fully saturated rings. The van der Waals surface area contributed by atoms with Crippen molar-refractivity contribution in [2.75, 3.05) is 37.7 Å². The molecule has 1 aromatic rings. The average molecular weight is 351 g/mol. The predicted octanol–water partition coefficient (Wildman–Crippen LogP) is 0.0469. The van der Waals surface area contributed by atoms with Crippen molar-refractivity contribution in [1.29, 1.82) is 0 Å². The highest BCUT2D eigenvalue weighted by molar-refractivity contribution is 7.91. The number of carbonyl (C=O) groups is 1. The molecule has 0 aliphatic carbocycles. The number of aryl methyl sites for hydroxylation is 1. The Morgan fingerprint density at radius 2 is 1.96 bits per heavy atom. The summed E-state index contributed by atoms with van der Waals surface area (Å²) in [4.78, 5) is 15.8. The number of quaternary nitrogens is 1. The normalized spacial score (nSPS) is 24.2. The fourth-order valence-electron chi connectivity index (χ4n) is 3.74. The minimum Gasteiger partial charge on any atom is -0.331 e. The Labute approximate surface area is 144 Å². The zero-order valence-electron chi connectivity index (χ0n) is 14.3. The molecule has 1 aromatic carbocycles. The summed E-state index contributed by atoms with van der Waals surface area (Å²) in [5.74, 6) is 0.600. The molecule has 24 heavy (non-hydrogen) atoms. The number of nitrogens with one attached hydrogen (secondary N) is 1. The van der Waals surface area contributed by atoms with Crippen molar-refractivity contribution in [3.63, 3.8) is 0 Å². The van der Waals surface area contributed by atoms with Gasteiger partial charge in [-0.2, -0.15) is 0 Å². The number of rotatable bonds is 4. The maximum absolute atomic E-state index is 12.4. The average Bonchev–Trinajstić information content (AvgIpc) is 2.89. The summed E-state index contributed by atoms with van der Waals surface area (Å²) < 4.78 is 23.0. The first-order chi connectivity index (χ1) is 11.4. The van der Waals surface area contributed by atoms with Crippen LogP contribution in [-0.2, 0) is 21.2 Å². The largest absolute Gasteiger partial charge is 0.331 e. The summed E-state index contributed by atoms with van der Waals surface area (Å²) in [6.45, 7) is 6.63. The van der Waals surface area contributed by atoms with Gasteiger partial charge in [-0.15, -0.1) is 0 Å². The van der Waals surface area contributed by atoms with E-state index in [2.05, 4.69) is 31.2 Å². The first-order valence-corrected chi connectivity index (χ1v) is 10.6. The van der Waals surface area contributed by atoms with Gasteiger partial charge in [-0.3, -0.25) is 4.79 Å². The van der Waals surface area contributed by atoms with Crippen LogP contribution in [0.4, 0.5) is 0 Å². The highest BCUT2D eigenvalue weighted by Crippen LogP contribution is 2.22. The molecule has 2 heterocycles. The van der Waals surface area contributed by atoms with Gasteiger partial charge in [-0.25, -0.2) is 8.42 Å². The van der Waals surface area contributed by atoms with Crippen molar-refractivity contribution in [2.45, 2.75) is 26.3 Å². The topological polar surface area (TPSA) is 58.9 Å². The Kier molecular flexibility index (Phi) is 5.25. The highest BCUT2D eigenvalue weighted by Gasteiger charge is 2.32. The van der Waals surface area contributed by atoms with E-state index < -0.39 is 9.84 Å². The molecule has 1 atom stereocenters. The van der Waals surface area contributed by atoms with Crippen LogP contribution in [0.2, 0.25) is 0 Å². The van der Waals surface area contributed by atoms with Crippen LogP contribution in [-0.4, -0.2) is 56.9 Å². The maximum atomic E-state index is 12.4. The number of amides is 1. The molecular weight excluding hydrogens is 324 g/mol. The van der Waals surface area contributed by atoms with Gasteiger partial charge in [0.2, 0.25) is 5.91 Å². The van der Waals surface area contributed by atoms with Gasteiger partial charge in [0.1, 0.15) is 6.54 Å². The van der Waals surface area contributed by atoms with Crippen LogP contribution in [0.15, 0.2) is 24.3 Å². The Balaban J connectivity index is 1.46. The van der Waals surface area contributed by atoms with Crippen molar-refractivity contribution >= 4 is 15.7 Å². The molecule has 6 heteroatoms. The third kappa shape index (κ3) is 4.36. The van der Waals surface area contributed by atoms with Gasteiger partial charge in [0.25, 0.3) is 0 Å². The second-order valence-corrected chi connectivity index (χ2v) is 9.44. The van der Waals surface area contributed by atoms with Crippen LogP contribution in [0.5, 0.6) is 0 Å². The fraction of sp³-hybridized carbons (Fsp3) is 0.611. The smallest absolute Gasteiger partial charge is 0.223 e. The van der Waals surface area contributed by atoms with Gasteiger partial charge in [-0.1, -0.05) is 24.3 Å². The molecule has 2 aliphatic heterocycles. The summed E-state index contributed by atoms with van der Waals surface area (Å²) in [7, 11) is -2.89. The summed E-state index contributed by atoms with van der Waals surface area (Å²) >= 11 is 0. The van der Waals surface area contributed by atoms with Gasteiger partial charge in [0, 0.05) is 12.0 Å². The second-order valence-electron chi connectivity index (χ2n) is 7.21. The predicted molar refractivity (Wildman–Crippen MR) is 93.5 cm³/mol. The van der Waals surface area contributed by atoms with Gasteiger partial charge in [-0.05, 0) is 24.8 Å². The molecular formula is C18H27N2O3S+. The van der Waals surface area contributed by atoms with Crippen LogP contribution < -0.4 is 4.90 Å². The van der Waals surface area contributed by atoms with Gasteiger partial charge < -0.3 is 9.80 Å². The molecule has 2 saturated heterocycles. The van der Waals surface area contributed by atoms with Crippen LogP contribution in [0.25, 0.3) is 0 Å². The standard InChI is InChI=1S/C18H26N2O3S/c1-15-4-2-3-5-17(15)13-19-7-9-20(10-8-19)18(21)12-16-6-11-24(22,23)14-16/h2-5,16H,6-14H2,1H3/p+1/t16-/m1/s1. The van der Waals surface area contributed by atoms with Crippen molar-refractivity contribution in [2.24, 2.45) is 5.92 Å². The summed E-state index contributed by atoms with van der Waals surface area (Å²) in [6, 6.07) is 8.47. The van der Waals surface area contributed by atoms with Crippen molar-refractivity contribution < 1.29 is 18.1 Å². The van der Waals surface area contributed by atoms with Gasteiger partial charge in [0.15, 0.2) is 9.84 Å². The van der Waals surface area contributed by atoms with E-state index in [0.717, 1.165) is 32.7 Å². The van der Waals surface area contributed by atoms with Crippen molar-refractivity contribution in [1.82, 2.24) is 4.90 Å². The lowest BCUT2D eigenvalue weighted by Crippen LogP contribution is -3.13. The first kappa shape index (κ1) is 17.4. The molecule has 3 rings (SSSR count). The number of nitrogens with zero attached hydrogens (tertiary/aromatic N) is 1. The van der Waals surface area contributed by atoms with Crippen LogP contribution >= 0.6 is 0 Å². The molecule has 132 valence electrons. The van der Waals surface area contributed by atoms with Crippen LogP contribution in [0, 0.1) is 12.8 Å². The second kappa shape index (κ2) is 7.23. The number of hydrogen-bond acceptors (Lipinski definition) is 3. The SMILES string of the molecule is Cc1ccccc1C[NH+]1CCN(C(=O)C[C@H]2CCS(=O)(=O)C2)CC1. The van der Waals surface area contributed by atoms with Crippen LogP contribution in [0.3, 0.4) is 0 Å². The first-order valence-electron chi connectivity index (χ1n) is 8.79. The molecule has 1 amide bonds. The Morgan fingerprint density at radius 3 is 2.58 bits per heavy atom. The van der Waals surface area contributed by atoms with E-state index in [4.69, 9.17) is 0 Å². The minimum absolute atomic E-state index is 0.0276. The lowest BCUT2D eigenvalue weighted by atomic mass is 10.0. The zero-order chi connectivity index (χ0) is 17.2. The summed E-state index contributed by atoms with van der Waals surface area (Å²) in [5, 5.41) is 0. The third-order valence-electron chi connectivity index (χ3n) is 5.31. The lowest BCUT2D eigenvalue weighted by Gasteiger charge is -2.33. The summed E-state index contributed by atoms with van der Waals surface area (Å²) in [6.07, 6.45) is 1.04. The molecule has 1 N–H and O–H groups in total. The molecule has 0 spiro atoms. The monoisotopic (exact) mass is 351 g/mol. The number of benzene rings is 1. The zero-order valence-corrected chi connectivity index (χ0v) is 15.1.